The molecular weight excluding hydrogens is 305 g/mol. The van der Waals surface area contributed by atoms with Crippen LogP contribution in [0.3, 0.4) is 0 Å². The third kappa shape index (κ3) is 3.33. The number of halogens is 3. The topological polar surface area (TPSA) is 22.1 Å². The molecule has 0 aliphatic heterocycles. The molecule has 2 rings (SSSR count). The molecule has 0 fully saturated rings. The van der Waals surface area contributed by atoms with E-state index in [4.69, 9.17) is 39.5 Å². The summed E-state index contributed by atoms with van der Waals surface area (Å²) < 4.78 is 5.68. The van der Waals surface area contributed by atoms with E-state index in [-0.39, 0.29) is 0 Å². The number of alkyl halides is 1. The van der Waals surface area contributed by atoms with Crippen molar-refractivity contribution >= 4 is 34.8 Å². The van der Waals surface area contributed by atoms with Crippen molar-refractivity contribution in [3.63, 3.8) is 0 Å². The molecular formula is C14H12Cl3NO. The predicted octanol–water partition coefficient (Wildman–Crippen LogP) is 5.54. The summed E-state index contributed by atoms with van der Waals surface area (Å²) in [4.78, 5) is 4.15. The van der Waals surface area contributed by atoms with Crippen molar-refractivity contribution in [3.05, 3.63) is 51.1 Å². The first-order chi connectivity index (χ1) is 9.01. The zero-order valence-corrected chi connectivity index (χ0v) is 12.8. The third-order valence-electron chi connectivity index (χ3n) is 2.64. The highest BCUT2D eigenvalue weighted by atomic mass is 35.5. The van der Waals surface area contributed by atoms with Gasteiger partial charge in [0, 0.05) is 17.1 Å². The Hall–Kier alpha value is -0.960. The molecule has 0 aliphatic rings. The number of ether oxygens (including phenoxy) is 1. The molecule has 1 heterocycles. The van der Waals surface area contributed by atoms with Crippen LogP contribution in [0, 0.1) is 13.8 Å². The molecule has 1 aromatic carbocycles. The van der Waals surface area contributed by atoms with E-state index in [1.807, 2.05) is 26.0 Å². The normalized spacial score (nSPS) is 10.6. The van der Waals surface area contributed by atoms with Gasteiger partial charge in [-0.25, -0.2) is 4.98 Å². The van der Waals surface area contributed by atoms with Crippen molar-refractivity contribution in [2.75, 3.05) is 0 Å². The molecule has 0 aliphatic carbocycles. The second-order valence-electron chi connectivity index (χ2n) is 4.24. The molecule has 0 spiro atoms. The number of hydrogen-bond acceptors (Lipinski definition) is 2. The van der Waals surface area contributed by atoms with Crippen LogP contribution in [0.2, 0.25) is 10.0 Å². The summed E-state index contributed by atoms with van der Waals surface area (Å²) in [5.74, 6) is 1.38. The van der Waals surface area contributed by atoms with Gasteiger partial charge in [0.25, 0.3) is 0 Å². The number of hydrogen-bond donors (Lipinski definition) is 0. The standard InChI is InChI=1S/C14H12Cl3NO/c1-8-3-11(4-9(2)13(8)17)19-14-12(16)5-10(6-15)7-18-14/h3-5,7H,6H2,1-2H3. The summed E-state index contributed by atoms with van der Waals surface area (Å²) in [7, 11) is 0. The molecule has 1 aromatic heterocycles. The molecule has 0 amide bonds. The molecule has 100 valence electrons. The van der Waals surface area contributed by atoms with Crippen molar-refractivity contribution in [1.82, 2.24) is 4.98 Å². The van der Waals surface area contributed by atoms with Gasteiger partial charge in [0.05, 0.1) is 0 Å². The quantitative estimate of drug-likeness (QED) is 0.694. The maximum Gasteiger partial charge on any atom is 0.238 e. The molecule has 0 unspecified atom stereocenters. The van der Waals surface area contributed by atoms with Gasteiger partial charge in [-0.2, -0.15) is 0 Å². The minimum atomic E-state index is 0.358. The lowest BCUT2D eigenvalue weighted by molar-refractivity contribution is 0.462. The highest BCUT2D eigenvalue weighted by Gasteiger charge is 2.09. The Morgan fingerprint density at radius 1 is 1.11 bits per heavy atom. The molecule has 19 heavy (non-hydrogen) atoms. The van der Waals surface area contributed by atoms with Crippen molar-refractivity contribution in [2.24, 2.45) is 0 Å². The zero-order chi connectivity index (χ0) is 14.0. The fourth-order valence-corrected chi connectivity index (χ4v) is 2.17. The summed E-state index contributed by atoms with van der Waals surface area (Å²) in [6.45, 7) is 3.85. The fourth-order valence-electron chi connectivity index (χ4n) is 1.69. The summed E-state index contributed by atoms with van der Waals surface area (Å²) in [6.07, 6.45) is 1.64. The lowest BCUT2D eigenvalue weighted by atomic mass is 10.1. The van der Waals surface area contributed by atoms with E-state index in [9.17, 15) is 0 Å². The summed E-state index contributed by atoms with van der Waals surface area (Å²) in [5, 5.41) is 1.17. The summed E-state index contributed by atoms with van der Waals surface area (Å²) in [6, 6.07) is 5.44. The van der Waals surface area contributed by atoms with Gasteiger partial charge in [-0.3, -0.25) is 0 Å². The minimum Gasteiger partial charge on any atom is -0.438 e. The number of pyridine rings is 1. The average Bonchev–Trinajstić information content (AvgIpc) is 2.38. The Balaban J connectivity index is 2.31. The summed E-state index contributed by atoms with van der Waals surface area (Å²) in [5.41, 5.74) is 2.75. The molecule has 2 aromatic rings. The Morgan fingerprint density at radius 3 is 2.26 bits per heavy atom. The fraction of sp³-hybridized carbons (Fsp3) is 0.214. The molecule has 0 saturated carbocycles. The van der Waals surface area contributed by atoms with Gasteiger partial charge in [0.1, 0.15) is 10.8 Å². The van der Waals surface area contributed by atoms with Gasteiger partial charge >= 0.3 is 0 Å². The van der Waals surface area contributed by atoms with Crippen LogP contribution in [0.4, 0.5) is 0 Å². The van der Waals surface area contributed by atoms with E-state index in [0.29, 0.717) is 22.5 Å². The van der Waals surface area contributed by atoms with Crippen LogP contribution in [0.25, 0.3) is 0 Å². The smallest absolute Gasteiger partial charge is 0.238 e. The van der Waals surface area contributed by atoms with E-state index in [1.165, 1.54) is 0 Å². The molecule has 2 nitrogen and oxygen atoms in total. The van der Waals surface area contributed by atoms with E-state index >= 15 is 0 Å². The van der Waals surface area contributed by atoms with Gasteiger partial charge in [-0.1, -0.05) is 23.2 Å². The highest BCUT2D eigenvalue weighted by molar-refractivity contribution is 6.32. The van der Waals surface area contributed by atoms with Gasteiger partial charge in [-0.05, 0) is 48.7 Å². The van der Waals surface area contributed by atoms with Gasteiger partial charge in [0.2, 0.25) is 5.88 Å². The monoisotopic (exact) mass is 315 g/mol. The van der Waals surface area contributed by atoms with E-state index in [1.54, 1.807) is 12.3 Å². The number of aryl methyl sites for hydroxylation is 2. The number of benzene rings is 1. The Bertz CT molecular complexity index is 591. The predicted molar refractivity (Wildman–Crippen MR) is 79.8 cm³/mol. The van der Waals surface area contributed by atoms with Gasteiger partial charge in [0.15, 0.2) is 0 Å². The van der Waals surface area contributed by atoms with Crippen molar-refractivity contribution in [1.29, 1.82) is 0 Å². The SMILES string of the molecule is Cc1cc(Oc2ncc(CCl)cc2Cl)cc(C)c1Cl. The first-order valence-corrected chi connectivity index (χ1v) is 6.95. The molecule has 0 radical (unpaired) electrons. The lowest BCUT2D eigenvalue weighted by Crippen LogP contribution is -1.92. The maximum atomic E-state index is 6.11. The van der Waals surface area contributed by atoms with Crippen LogP contribution < -0.4 is 4.74 Å². The second kappa shape index (κ2) is 6.00. The Kier molecular flexibility index (Phi) is 4.56. The van der Waals surface area contributed by atoms with E-state index < -0.39 is 0 Å². The number of nitrogens with zero attached hydrogens (tertiary/aromatic N) is 1. The summed E-state index contributed by atoms with van der Waals surface area (Å²) >= 11 is 17.9. The minimum absolute atomic E-state index is 0.358. The molecule has 0 N–H and O–H groups in total. The maximum absolute atomic E-state index is 6.11. The number of aromatic nitrogens is 1. The van der Waals surface area contributed by atoms with Crippen LogP contribution in [0.1, 0.15) is 16.7 Å². The van der Waals surface area contributed by atoms with Crippen LogP contribution >= 0.6 is 34.8 Å². The van der Waals surface area contributed by atoms with Crippen LogP contribution in [0.5, 0.6) is 11.6 Å². The lowest BCUT2D eigenvalue weighted by Gasteiger charge is -2.10. The van der Waals surface area contributed by atoms with Crippen LogP contribution in [-0.2, 0) is 5.88 Å². The molecule has 0 saturated heterocycles. The Labute approximate surface area is 127 Å². The first kappa shape index (κ1) is 14.4. The van der Waals surface area contributed by atoms with E-state index in [0.717, 1.165) is 21.7 Å². The second-order valence-corrected chi connectivity index (χ2v) is 5.29. The van der Waals surface area contributed by atoms with Gasteiger partial charge in [-0.15, -0.1) is 11.6 Å². The highest BCUT2D eigenvalue weighted by Crippen LogP contribution is 2.31. The van der Waals surface area contributed by atoms with Crippen LogP contribution in [-0.4, -0.2) is 4.98 Å². The number of rotatable bonds is 3. The van der Waals surface area contributed by atoms with Crippen LogP contribution in [0.15, 0.2) is 24.4 Å². The van der Waals surface area contributed by atoms with Crippen molar-refractivity contribution < 1.29 is 4.74 Å². The largest absolute Gasteiger partial charge is 0.438 e. The van der Waals surface area contributed by atoms with Gasteiger partial charge < -0.3 is 4.74 Å². The zero-order valence-electron chi connectivity index (χ0n) is 10.5. The Morgan fingerprint density at radius 2 is 1.74 bits per heavy atom. The molecule has 0 atom stereocenters. The third-order valence-corrected chi connectivity index (χ3v) is 3.82. The first-order valence-electron chi connectivity index (χ1n) is 5.66. The van der Waals surface area contributed by atoms with Crippen molar-refractivity contribution in [2.45, 2.75) is 19.7 Å². The van der Waals surface area contributed by atoms with E-state index in [2.05, 4.69) is 4.98 Å². The molecule has 0 bridgehead atoms. The molecule has 5 heteroatoms. The van der Waals surface area contributed by atoms with Crippen molar-refractivity contribution in [3.8, 4) is 11.6 Å². The average molecular weight is 317 g/mol.